The van der Waals surface area contributed by atoms with Crippen molar-refractivity contribution in [3.05, 3.63) is 144 Å². The van der Waals surface area contributed by atoms with E-state index >= 15 is 0 Å². The summed E-state index contributed by atoms with van der Waals surface area (Å²) in [5.74, 6) is 0.292. The summed E-state index contributed by atoms with van der Waals surface area (Å²) in [6, 6.07) is 40.6. The molecule has 0 radical (unpaired) electrons. The number of hydrogen-bond donors (Lipinski definition) is 2. The zero-order chi connectivity index (χ0) is 32.9. The van der Waals surface area contributed by atoms with Crippen molar-refractivity contribution in [2.75, 3.05) is 10.6 Å². The summed E-state index contributed by atoms with van der Waals surface area (Å²) in [5.41, 5.74) is 5.21. The molecule has 0 amide bonds. The summed E-state index contributed by atoms with van der Waals surface area (Å²) >= 11 is 0. The van der Waals surface area contributed by atoms with Crippen molar-refractivity contribution in [2.45, 2.75) is 65.5 Å². The number of fused-ring (bicyclic) bond motifs is 2. The average molecular weight is 728 g/mol. The van der Waals surface area contributed by atoms with E-state index in [9.17, 15) is 10.2 Å². The number of hydrogen-bond acceptors (Lipinski definition) is 4. The Labute approximate surface area is 319 Å². The van der Waals surface area contributed by atoms with E-state index in [4.69, 9.17) is 0 Å². The zero-order valence-corrected chi connectivity index (χ0v) is 32.1. The van der Waals surface area contributed by atoms with E-state index in [1.165, 1.54) is 21.5 Å². The molecule has 49 heavy (non-hydrogen) atoms. The summed E-state index contributed by atoms with van der Waals surface area (Å²) in [5, 5.41) is 36.9. The molecule has 0 fully saturated rings. The van der Waals surface area contributed by atoms with Gasteiger partial charge in [-0.05, 0) is 44.9 Å². The quantitative estimate of drug-likeness (QED) is 0.258. The molecule has 0 bridgehead atoms. The molecule has 0 atom stereocenters. The molecule has 0 aliphatic carbocycles. The number of rotatable bonds is 6. The molecule has 252 valence electrons. The van der Waals surface area contributed by atoms with E-state index in [-0.39, 0.29) is 68.9 Å². The van der Waals surface area contributed by atoms with E-state index in [1.54, 1.807) is 0 Å². The standard InChI is InChI=1S/2C21H23NO.2ClH.Ti/c2*1-21(2,3)18-12-6-10-16(20(18)23)14-22-19-13-7-9-15-8-4-5-11-17(15)19;;;/h2*4-13,22-23H,14H2,1-3H3;2*1H;/q;;;;+4/p-4. The van der Waals surface area contributed by atoms with E-state index < -0.39 is 0 Å². The van der Waals surface area contributed by atoms with Crippen LogP contribution >= 0.6 is 0 Å². The van der Waals surface area contributed by atoms with E-state index in [1.807, 2.05) is 72.8 Å². The van der Waals surface area contributed by atoms with Gasteiger partial charge in [-0.25, -0.2) is 0 Å². The molecule has 6 rings (SSSR count). The fourth-order valence-electron chi connectivity index (χ4n) is 5.77. The van der Waals surface area contributed by atoms with Crippen molar-refractivity contribution in [1.82, 2.24) is 0 Å². The largest absolute Gasteiger partial charge is 4.00 e. The Kier molecular flexibility index (Phi) is 15.1. The monoisotopic (exact) mass is 726 g/mol. The Bertz CT molecular complexity index is 1810. The number of halogens is 2. The van der Waals surface area contributed by atoms with Gasteiger partial charge in [-0.15, -0.1) is 11.5 Å². The molecular formula is C42H44Cl2N2O2Ti. The Hall–Kier alpha value is -3.67. The first-order valence-electron chi connectivity index (χ1n) is 16.0. The SMILES string of the molecule is CC(C)(C)c1cccc(CNc2cccc3ccccc23)c1[O-].CC(C)(C)c1cccc(CNc2cccc3ccccc23)c1[O-].[Cl-].[Cl-].[Ti+4]. The summed E-state index contributed by atoms with van der Waals surface area (Å²) in [4.78, 5) is 0. The van der Waals surface area contributed by atoms with Crippen molar-refractivity contribution in [1.29, 1.82) is 0 Å². The molecule has 0 unspecified atom stereocenters. The van der Waals surface area contributed by atoms with Crippen LogP contribution in [0.15, 0.2) is 121 Å². The van der Waals surface area contributed by atoms with Crippen LogP contribution in [0.5, 0.6) is 11.5 Å². The fourth-order valence-corrected chi connectivity index (χ4v) is 5.77. The number of para-hydroxylation sites is 2. The van der Waals surface area contributed by atoms with Crippen molar-refractivity contribution in [2.24, 2.45) is 0 Å². The van der Waals surface area contributed by atoms with Gasteiger partial charge in [-0.2, -0.15) is 0 Å². The summed E-state index contributed by atoms with van der Waals surface area (Å²) in [7, 11) is 0. The van der Waals surface area contributed by atoms with Gasteiger partial charge in [0.05, 0.1) is 0 Å². The minimum absolute atomic E-state index is 0. The number of anilines is 2. The maximum absolute atomic E-state index is 12.7. The van der Waals surface area contributed by atoms with Gasteiger partial charge >= 0.3 is 21.7 Å². The third kappa shape index (κ3) is 10.2. The molecule has 4 nitrogen and oxygen atoms in total. The summed E-state index contributed by atoms with van der Waals surface area (Å²) < 4.78 is 0. The molecule has 7 heteroatoms. The third-order valence-electron chi connectivity index (χ3n) is 8.33. The van der Waals surface area contributed by atoms with Crippen LogP contribution in [-0.4, -0.2) is 0 Å². The Balaban J connectivity index is 0.000000321. The normalized spacial score (nSPS) is 10.9. The van der Waals surface area contributed by atoms with Crippen LogP contribution in [0.2, 0.25) is 0 Å². The molecular weight excluding hydrogens is 683 g/mol. The summed E-state index contributed by atoms with van der Waals surface area (Å²) in [6.07, 6.45) is 0. The van der Waals surface area contributed by atoms with Crippen molar-refractivity contribution < 1.29 is 56.7 Å². The first kappa shape index (κ1) is 41.5. The van der Waals surface area contributed by atoms with E-state index in [0.717, 1.165) is 33.6 Å². The van der Waals surface area contributed by atoms with Gasteiger partial charge in [0.2, 0.25) is 0 Å². The van der Waals surface area contributed by atoms with Crippen LogP contribution in [0, 0.1) is 0 Å². The van der Waals surface area contributed by atoms with Gasteiger partial charge in [-0.1, -0.05) is 162 Å². The summed E-state index contributed by atoms with van der Waals surface area (Å²) in [6.45, 7) is 13.5. The average Bonchev–Trinajstić information content (AvgIpc) is 3.03. The second-order valence-electron chi connectivity index (χ2n) is 13.8. The maximum Gasteiger partial charge on any atom is 4.00 e. The maximum atomic E-state index is 12.7. The molecule has 0 heterocycles. The van der Waals surface area contributed by atoms with Crippen LogP contribution in [0.25, 0.3) is 21.5 Å². The minimum atomic E-state index is -0.132. The Morgan fingerprint density at radius 1 is 0.449 bits per heavy atom. The number of benzene rings is 6. The van der Waals surface area contributed by atoms with Gasteiger partial charge in [0.15, 0.2) is 0 Å². The topological polar surface area (TPSA) is 70.2 Å². The molecule has 0 aromatic heterocycles. The Morgan fingerprint density at radius 3 is 1.14 bits per heavy atom. The number of nitrogens with one attached hydrogen (secondary N) is 2. The van der Waals surface area contributed by atoms with Gasteiger partial charge < -0.3 is 45.7 Å². The van der Waals surface area contributed by atoms with Crippen molar-refractivity contribution in [3.63, 3.8) is 0 Å². The predicted molar refractivity (Wildman–Crippen MR) is 192 cm³/mol. The minimum Gasteiger partial charge on any atom is -1.00 e. The molecule has 0 aliphatic heterocycles. The molecule has 6 aromatic rings. The van der Waals surface area contributed by atoms with Crippen LogP contribution in [0.1, 0.15) is 63.8 Å². The second-order valence-corrected chi connectivity index (χ2v) is 13.8. The zero-order valence-electron chi connectivity index (χ0n) is 29.0. The molecule has 0 saturated heterocycles. The van der Waals surface area contributed by atoms with Crippen molar-refractivity contribution >= 4 is 32.9 Å². The Morgan fingerprint density at radius 2 is 0.776 bits per heavy atom. The van der Waals surface area contributed by atoms with Crippen LogP contribution in [-0.2, 0) is 45.6 Å². The molecule has 0 spiro atoms. The smallest absolute Gasteiger partial charge is 1.00 e. The molecule has 2 N–H and O–H groups in total. The van der Waals surface area contributed by atoms with Crippen LogP contribution < -0.4 is 45.7 Å². The third-order valence-corrected chi connectivity index (χ3v) is 8.33. The first-order valence-corrected chi connectivity index (χ1v) is 16.0. The van der Waals surface area contributed by atoms with Gasteiger partial charge in [0, 0.05) is 35.2 Å². The van der Waals surface area contributed by atoms with E-state index in [2.05, 4.69) is 101 Å². The van der Waals surface area contributed by atoms with Crippen molar-refractivity contribution in [3.8, 4) is 11.5 Å². The van der Waals surface area contributed by atoms with Crippen LogP contribution in [0.3, 0.4) is 0 Å². The van der Waals surface area contributed by atoms with Gasteiger partial charge in [0.1, 0.15) is 0 Å². The molecule has 6 aromatic carbocycles. The van der Waals surface area contributed by atoms with Gasteiger partial charge in [-0.3, -0.25) is 0 Å². The van der Waals surface area contributed by atoms with E-state index in [0.29, 0.717) is 13.1 Å². The fraction of sp³-hybridized carbons (Fsp3) is 0.238. The second kappa shape index (κ2) is 17.8. The molecule has 0 aliphatic rings. The van der Waals surface area contributed by atoms with Crippen LogP contribution in [0.4, 0.5) is 11.4 Å². The predicted octanol–water partition coefficient (Wildman–Crippen LogP) is 3.65. The first-order chi connectivity index (χ1) is 21.9. The van der Waals surface area contributed by atoms with Gasteiger partial charge in [0.25, 0.3) is 0 Å². The molecule has 0 saturated carbocycles.